The highest BCUT2D eigenvalue weighted by Crippen LogP contribution is 2.28. The summed E-state index contributed by atoms with van der Waals surface area (Å²) in [5, 5.41) is 16.6. The van der Waals surface area contributed by atoms with Gasteiger partial charge in [-0.1, -0.05) is 98.7 Å². The first-order valence-electron chi connectivity index (χ1n) is 13.8. The number of carboxylic acids is 1. The minimum Gasteiger partial charge on any atom is -0.480 e. The predicted octanol–water partition coefficient (Wildman–Crippen LogP) is 7.10. The van der Waals surface area contributed by atoms with Crippen molar-refractivity contribution in [3.05, 3.63) is 119 Å². The van der Waals surface area contributed by atoms with Crippen LogP contribution >= 0.6 is 0 Å². The van der Waals surface area contributed by atoms with Gasteiger partial charge >= 0.3 is 5.97 Å². The number of carbonyl (C=O) groups is 2. The van der Waals surface area contributed by atoms with Crippen LogP contribution in [0, 0.1) is 6.92 Å². The first-order valence-corrected chi connectivity index (χ1v) is 13.8. The van der Waals surface area contributed by atoms with Crippen LogP contribution in [-0.2, 0) is 16.6 Å². The largest absolute Gasteiger partial charge is 0.480 e. The lowest BCUT2D eigenvalue weighted by Crippen LogP contribution is -2.42. The summed E-state index contributed by atoms with van der Waals surface area (Å²) in [5.41, 5.74) is 7.27. The van der Waals surface area contributed by atoms with Crippen molar-refractivity contribution in [2.75, 3.05) is 0 Å². The Morgan fingerprint density at radius 2 is 1.45 bits per heavy atom. The summed E-state index contributed by atoms with van der Waals surface area (Å²) in [6.07, 6.45) is 0.131. The van der Waals surface area contributed by atoms with Crippen molar-refractivity contribution in [2.24, 2.45) is 0 Å². The van der Waals surface area contributed by atoms with Gasteiger partial charge in [0.1, 0.15) is 6.04 Å². The Kier molecular flexibility index (Phi) is 8.02. The van der Waals surface area contributed by atoms with Crippen molar-refractivity contribution in [3.63, 3.8) is 0 Å². The molecule has 1 amide bonds. The van der Waals surface area contributed by atoms with Crippen LogP contribution in [0.1, 0.15) is 47.8 Å². The standard InChI is InChI=1S/C35H33N3O4/c1-22-7-5-6-8-29(22)24-13-15-27(16-14-24)33-37-31(38-42-33)25-11-9-23(10-12-25)21-30(34(40)41)36-32(39)26-17-19-28(20-18-26)35(2,3)4/h5-20,30H,21H2,1-4H3,(H,36,39)(H,40,41). The lowest BCUT2D eigenvalue weighted by atomic mass is 9.86. The molecular weight excluding hydrogens is 526 g/mol. The van der Waals surface area contributed by atoms with Gasteiger partial charge in [-0.05, 0) is 64.4 Å². The molecule has 0 bridgehead atoms. The molecule has 0 fully saturated rings. The fraction of sp³-hybridized carbons (Fsp3) is 0.200. The number of nitrogens with one attached hydrogen (secondary N) is 1. The Morgan fingerprint density at radius 3 is 2.07 bits per heavy atom. The predicted molar refractivity (Wildman–Crippen MR) is 163 cm³/mol. The number of nitrogens with zero attached hydrogens (tertiary/aromatic N) is 2. The third-order valence-electron chi connectivity index (χ3n) is 7.28. The molecule has 212 valence electrons. The molecule has 0 saturated carbocycles. The average Bonchev–Trinajstić information content (AvgIpc) is 3.47. The van der Waals surface area contributed by atoms with Crippen molar-refractivity contribution in [3.8, 4) is 34.0 Å². The zero-order valence-electron chi connectivity index (χ0n) is 24.1. The van der Waals surface area contributed by atoms with E-state index >= 15 is 0 Å². The number of aliphatic carboxylic acids is 1. The van der Waals surface area contributed by atoms with Gasteiger partial charge in [0.2, 0.25) is 5.82 Å². The summed E-state index contributed by atoms with van der Waals surface area (Å²) in [7, 11) is 0. The van der Waals surface area contributed by atoms with Gasteiger partial charge in [-0.3, -0.25) is 4.79 Å². The van der Waals surface area contributed by atoms with Gasteiger partial charge < -0.3 is 14.9 Å². The van der Waals surface area contributed by atoms with E-state index in [2.05, 4.69) is 55.3 Å². The minimum absolute atomic E-state index is 0.0404. The number of carbonyl (C=O) groups excluding carboxylic acids is 1. The van der Waals surface area contributed by atoms with Crippen LogP contribution in [0.4, 0.5) is 0 Å². The molecule has 0 aliphatic carbocycles. The Balaban J connectivity index is 1.24. The monoisotopic (exact) mass is 559 g/mol. The molecule has 4 aromatic carbocycles. The Labute approximate surface area is 245 Å². The quantitative estimate of drug-likeness (QED) is 0.210. The molecule has 42 heavy (non-hydrogen) atoms. The van der Waals surface area contributed by atoms with Gasteiger partial charge in [-0.2, -0.15) is 4.98 Å². The number of hydrogen-bond acceptors (Lipinski definition) is 5. The molecule has 1 atom stereocenters. The van der Waals surface area contributed by atoms with Crippen molar-refractivity contribution >= 4 is 11.9 Å². The van der Waals surface area contributed by atoms with Crippen LogP contribution < -0.4 is 5.32 Å². The maximum Gasteiger partial charge on any atom is 0.326 e. The highest BCUT2D eigenvalue weighted by molar-refractivity contribution is 5.96. The second kappa shape index (κ2) is 11.8. The lowest BCUT2D eigenvalue weighted by Gasteiger charge is -2.19. The molecule has 5 aromatic rings. The van der Waals surface area contributed by atoms with E-state index in [-0.39, 0.29) is 11.8 Å². The van der Waals surface area contributed by atoms with Crippen LogP contribution in [0.5, 0.6) is 0 Å². The van der Waals surface area contributed by atoms with Gasteiger partial charge in [-0.15, -0.1) is 0 Å². The van der Waals surface area contributed by atoms with E-state index in [0.29, 0.717) is 17.3 Å². The molecule has 0 radical (unpaired) electrons. The molecule has 0 aliphatic rings. The molecule has 0 spiro atoms. The van der Waals surface area contributed by atoms with E-state index in [9.17, 15) is 14.7 Å². The number of carboxylic acid groups (broad SMARTS) is 1. The number of amides is 1. The molecule has 2 N–H and O–H groups in total. The number of benzene rings is 4. The van der Waals surface area contributed by atoms with Crippen LogP contribution in [0.15, 0.2) is 102 Å². The normalized spacial score (nSPS) is 12.1. The fourth-order valence-corrected chi connectivity index (χ4v) is 4.74. The summed E-state index contributed by atoms with van der Waals surface area (Å²) in [5.74, 6) is -0.684. The molecule has 0 saturated heterocycles. The molecule has 1 aromatic heterocycles. The highest BCUT2D eigenvalue weighted by atomic mass is 16.5. The zero-order chi connectivity index (χ0) is 29.9. The number of rotatable bonds is 8. The summed E-state index contributed by atoms with van der Waals surface area (Å²) in [6.45, 7) is 8.37. The molecule has 5 rings (SSSR count). The molecule has 1 unspecified atom stereocenters. The first-order chi connectivity index (χ1) is 20.1. The van der Waals surface area contributed by atoms with Crippen molar-refractivity contribution in [1.29, 1.82) is 0 Å². The minimum atomic E-state index is -1.10. The first kappa shape index (κ1) is 28.5. The summed E-state index contributed by atoms with van der Waals surface area (Å²) in [6, 6.07) is 29.6. The summed E-state index contributed by atoms with van der Waals surface area (Å²) in [4.78, 5) is 29.3. The Hall–Kier alpha value is -5.04. The van der Waals surface area contributed by atoms with Crippen molar-refractivity contribution in [1.82, 2.24) is 15.5 Å². The maximum absolute atomic E-state index is 12.8. The number of hydrogen-bond donors (Lipinski definition) is 2. The fourth-order valence-electron chi connectivity index (χ4n) is 4.74. The molecule has 1 heterocycles. The second-order valence-electron chi connectivity index (χ2n) is 11.4. The highest BCUT2D eigenvalue weighted by Gasteiger charge is 2.22. The summed E-state index contributed by atoms with van der Waals surface area (Å²) < 4.78 is 5.53. The van der Waals surface area contributed by atoms with E-state index in [0.717, 1.165) is 27.8 Å². The SMILES string of the molecule is Cc1ccccc1-c1ccc(-c2nc(-c3ccc(CC(NC(=O)c4ccc(C(C)(C)C)cc4)C(=O)O)cc3)no2)cc1. The summed E-state index contributed by atoms with van der Waals surface area (Å²) >= 11 is 0. The molecular formula is C35H33N3O4. The van der Waals surface area contributed by atoms with Gasteiger partial charge in [0.25, 0.3) is 11.8 Å². The van der Waals surface area contributed by atoms with Gasteiger partial charge in [0, 0.05) is 23.1 Å². The smallest absolute Gasteiger partial charge is 0.326 e. The van der Waals surface area contributed by atoms with Gasteiger partial charge in [0.15, 0.2) is 0 Å². The van der Waals surface area contributed by atoms with E-state index in [1.165, 1.54) is 11.1 Å². The third kappa shape index (κ3) is 6.47. The van der Waals surface area contributed by atoms with Crippen LogP contribution in [-0.4, -0.2) is 33.2 Å². The lowest BCUT2D eigenvalue weighted by molar-refractivity contribution is -0.139. The van der Waals surface area contributed by atoms with E-state index in [1.807, 2.05) is 72.8 Å². The average molecular weight is 560 g/mol. The maximum atomic E-state index is 12.8. The Bertz CT molecular complexity index is 1700. The number of aromatic nitrogens is 2. The second-order valence-corrected chi connectivity index (χ2v) is 11.4. The van der Waals surface area contributed by atoms with Crippen LogP contribution in [0.2, 0.25) is 0 Å². The van der Waals surface area contributed by atoms with E-state index in [4.69, 9.17) is 4.52 Å². The van der Waals surface area contributed by atoms with Crippen LogP contribution in [0.25, 0.3) is 34.0 Å². The third-order valence-corrected chi connectivity index (χ3v) is 7.28. The number of aryl methyl sites for hydroxylation is 1. The molecule has 7 heteroatoms. The Morgan fingerprint density at radius 1 is 0.833 bits per heavy atom. The van der Waals surface area contributed by atoms with Crippen molar-refractivity contribution in [2.45, 2.75) is 45.6 Å². The topological polar surface area (TPSA) is 105 Å². The van der Waals surface area contributed by atoms with Gasteiger partial charge in [0.05, 0.1) is 0 Å². The van der Waals surface area contributed by atoms with Gasteiger partial charge in [-0.25, -0.2) is 4.79 Å². The van der Waals surface area contributed by atoms with E-state index < -0.39 is 17.9 Å². The van der Waals surface area contributed by atoms with E-state index in [1.54, 1.807) is 12.1 Å². The zero-order valence-corrected chi connectivity index (χ0v) is 24.1. The van der Waals surface area contributed by atoms with Crippen molar-refractivity contribution < 1.29 is 19.2 Å². The molecule has 0 aliphatic heterocycles. The molecule has 7 nitrogen and oxygen atoms in total. The van der Waals surface area contributed by atoms with Crippen LogP contribution in [0.3, 0.4) is 0 Å².